The maximum Gasteiger partial charge on any atom is 0.335 e. The predicted molar refractivity (Wildman–Crippen MR) is 64.2 cm³/mol. The summed E-state index contributed by atoms with van der Waals surface area (Å²) in [4.78, 5) is 23.7. The first-order valence-corrected chi connectivity index (χ1v) is 5.54. The summed E-state index contributed by atoms with van der Waals surface area (Å²) < 4.78 is 0. The number of benzene rings is 1. The van der Waals surface area contributed by atoms with Crippen molar-refractivity contribution in [2.45, 2.75) is 0 Å². The van der Waals surface area contributed by atoms with Crippen molar-refractivity contribution < 1.29 is 14.7 Å². The van der Waals surface area contributed by atoms with Gasteiger partial charge in [-0.25, -0.2) is 9.59 Å². The monoisotopic (exact) mass is 274 g/mol. The molecule has 0 aliphatic carbocycles. The zero-order chi connectivity index (χ0) is 12.6. The van der Waals surface area contributed by atoms with E-state index >= 15 is 0 Å². The molecule has 7 heteroatoms. The third-order valence-electron chi connectivity index (χ3n) is 2.39. The molecule has 2 rings (SSSR count). The molecule has 1 aromatic carbocycles. The molecule has 1 aliphatic heterocycles. The van der Waals surface area contributed by atoms with Gasteiger partial charge in [-0.3, -0.25) is 4.90 Å². The Labute approximate surface area is 107 Å². The van der Waals surface area contributed by atoms with Crippen molar-refractivity contribution in [3.63, 3.8) is 0 Å². The molecule has 0 unspecified atom stereocenters. The van der Waals surface area contributed by atoms with E-state index in [1.165, 1.54) is 17.0 Å². The van der Waals surface area contributed by atoms with Crippen LogP contribution in [0, 0.1) is 0 Å². The van der Waals surface area contributed by atoms with Crippen LogP contribution in [0.1, 0.15) is 10.4 Å². The first kappa shape index (κ1) is 12.0. The van der Waals surface area contributed by atoms with Gasteiger partial charge >= 0.3 is 12.0 Å². The van der Waals surface area contributed by atoms with Crippen LogP contribution in [0.25, 0.3) is 0 Å². The molecule has 1 aliphatic rings. The quantitative estimate of drug-likeness (QED) is 0.869. The van der Waals surface area contributed by atoms with Gasteiger partial charge in [-0.1, -0.05) is 23.2 Å². The van der Waals surface area contributed by atoms with Crippen LogP contribution in [0.2, 0.25) is 10.0 Å². The largest absolute Gasteiger partial charge is 0.478 e. The predicted octanol–water partition coefficient (Wildman–Crippen LogP) is 2.22. The number of anilines is 1. The second kappa shape index (κ2) is 4.43. The van der Waals surface area contributed by atoms with E-state index in [0.717, 1.165) is 0 Å². The van der Waals surface area contributed by atoms with Crippen LogP contribution in [0.4, 0.5) is 10.5 Å². The average Bonchev–Trinajstić information content (AvgIpc) is 2.64. The van der Waals surface area contributed by atoms with Gasteiger partial charge in [0.2, 0.25) is 0 Å². The summed E-state index contributed by atoms with van der Waals surface area (Å²) in [6, 6.07) is 2.25. The molecule has 2 amide bonds. The van der Waals surface area contributed by atoms with Crippen molar-refractivity contribution in [2.24, 2.45) is 0 Å². The Morgan fingerprint density at radius 3 is 2.35 bits per heavy atom. The van der Waals surface area contributed by atoms with Crippen LogP contribution in [0.15, 0.2) is 12.1 Å². The number of urea groups is 1. The fraction of sp³-hybridized carbons (Fsp3) is 0.200. The van der Waals surface area contributed by atoms with Gasteiger partial charge in [0.15, 0.2) is 0 Å². The molecule has 0 bridgehead atoms. The van der Waals surface area contributed by atoms with E-state index in [9.17, 15) is 9.59 Å². The standard InChI is InChI=1S/C10H8Cl2N2O3/c11-6-3-5(9(15)16)4-7(12)8(6)14-2-1-13-10(14)17/h3-4H,1-2H2,(H,13,17)(H,15,16). The van der Waals surface area contributed by atoms with Crippen molar-refractivity contribution in [2.75, 3.05) is 18.0 Å². The average molecular weight is 275 g/mol. The molecule has 2 N–H and O–H groups in total. The summed E-state index contributed by atoms with van der Waals surface area (Å²) in [5.74, 6) is -1.12. The van der Waals surface area contributed by atoms with Gasteiger partial charge in [0, 0.05) is 13.1 Å². The number of carbonyl (C=O) groups is 2. The van der Waals surface area contributed by atoms with Gasteiger partial charge in [-0.2, -0.15) is 0 Å². The third kappa shape index (κ3) is 2.16. The highest BCUT2D eigenvalue weighted by Crippen LogP contribution is 2.35. The van der Waals surface area contributed by atoms with Crippen molar-refractivity contribution in [3.05, 3.63) is 27.7 Å². The number of nitrogens with zero attached hydrogens (tertiary/aromatic N) is 1. The Morgan fingerprint density at radius 2 is 1.94 bits per heavy atom. The Hall–Kier alpha value is -1.46. The molecule has 1 saturated heterocycles. The minimum atomic E-state index is -1.12. The minimum absolute atomic E-state index is 0.0108. The first-order valence-electron chi connectivity index (χ1n) is 4.78. The Morgan fingerprint density at radius 1 is 1.35 bits per heavy atom. The number of nitrogens with one attached hydrogen (secondary N) is 1. The number of hydrogen-bond acceptors (Lipinski definition) is 2. The smallest absolute Gasteiger partial charge is 0.335 e. The fourth-order valence-corrected chi connectivity index (χ4v) is 2.32. The number of halogens is 2. The molecular formula is C10H8Cl2N2O3. The first-order chi connectivity index (χ1) is 8.00. The van der Waals surface area contributed by atoms with Crippen LogP contribution >= 0.6 is 23.2 Å². The number of carbonyl (C=O) groups excluding carboxylic acids is 1. The third-order valence-corrected chi connectivity index (χ3v) is 2.97. The summed E-state index contributed by atoms with van der Waals surface area (Å²) in [5.41, 5.74) is 0.330. The normalized spacial score (nSPS) is 14.9. The van der Waals surface area contributed by atoms with Gasteiger partial charge in [0.05, 0.1) is 21.3 Å². The summed E-state index contributed by atoms with van der Waals surface area (Å²) >= 11 is 11.9. The highest BCUT2D eigenvalue weighted by molar-refractivity contribution is 6.40. The summed E-state index contributed by atoms with van der Waals surface area (Å²) in [7, 11) is 0. The number of carboxylic acid groups (broad SMARTS) is 1. The van der Waals surface area contributed by atoms with Gasteiger partial charge in [-0.05, 0) is 12.1 Å². The lowest BCUT2D eigenvalue weighted by molar-refractivity contribution is 0.0697. The summed E-state index contributed by atoms with van der Waals surface area (Å²) in [5, 5.41) is 11.7. The van der Waals surface area contributed by atoms with E-state index in [1.807, 2.05) is 0 Å². The zero-order valence-electron chi connectivity index (χ0n) is 8.54. The van der Waals surface area contributed by atoms with Gasteiger partial charge in [0.1, 0.15) is 0 Å². The van der Waals surface area contributed by atoms with E-state index in [2.05, 4.69) is 5.32 Å². The number of carboxylic acids is 1. The van der Waals surface area contributed by atoms with E-state index in [-0.39, 0.29) is 21.6 Å². The Bertz CT molecular complexity index is 481. The highest BCUT2D eigenvalue weighted by atomic mass is 35.5. The molecule has 0 atom stereocenters. The van der Waals surface area contributed by atoms with E-state index < -0.39 is 5.97 Å². The van der Waals surface area contributed by atoms with E-state index in [1.54, 1.807) is 0 Å². The molecule has 0 spiro atoms. The van der Waals surface area contributed by atoms with Crippen LogP contribution in [-0.4, -0.2) is 30.2 Å². The molecule has 17 heavy (non-hydrogen) atoms. The molecule has 0 aromatic heterocycles. The van der Waals surface area contributed by atoms with Gasteiger partial charge in [-0.15, -0.1) is 0 Å². The summed E-state index contributed by atoms with van der Waals surface area (Å²) in [6.45, 7) is 0.955. The molecule has 0 radical (unpaired) electrons. The molecule has 1 fully saturated rings. The lowest BCUT2D eigenvalue weighted by Gasteiger charge is -2.17. The van der Waals surface area contributed by atoms with Gasteiger partial charge < -0.3 is 10.4 Å². The highest BCUT2D eigenvalue weighted by Gasteiger charge is 2.26. The fourth-order valence-electron chi connectivity index (χ4n) is 1.63. The number of rotatable bonds is 2. The second-order valence-corrected chi connectivity index (χ2v) is 4.29. The number of aromatic carboxylic acids is 1. The lowest BCUT2D eigenvalue weighted by Crippen LogP contribution is -2.28. The van der Waals surface area contributed by atoms with Crippen LogP contribution in [0.5, 0.6) is 0 Å². The second-order valence-electron chi connectivity index (χ2n) is 3.48. The molecule has 0 saturated carbocycles. The topological polar surface area (TPSA) is 69.6 Å². The lowest BCUT2D eigenvalue weighted by atomic mass is 10.2. The van der Waals surface area contributed by atoms with Crippen molar-refractivity contribution >= 4 is 40.9 Å². The van der Waals surface area contributed by atoms with Crippen LogP contribution < -0.4 is 10.2 Å². The molecule has 90 valence electrons. The Balaban J connectivity index is 2.48. The van der Waals surface area contributed by atoms with Crippen molar-refractivity contribution in [1.29, 1.82) is 0 Å². The van der Waals surface area contributed by atoms with Crippen molar-refractivity contribution in [1.82, 2.24) is 5.32 Å². The number of hydrogen-bond donors (Lipinski definition) is 2. The van der Waals surface area contributed by atoms with Gasteiger partial charge in [0.25, 0.3) is 0 Å². The zero-order valence-corrected chi connectivity index (χ0v) is 10.0. The SMILES string of the molecule is O=C(O)c1cc(Cl)c(N2CCNC2=O)c(Cl)c1. The Kier molecular flexibility index (Phi) is 3.13. The van der Waals surface area contributed by atoms with E-state index in [4.69, 9.17) is 28.3 Å². The molecular weight excluding hydrogens is 267 g/mol. The van der Waals surface area contributed by atoms with Crippen molar-refractivity contribution in [3.8, 4) is 0 Å². The van der Waals surface area contributed by atoms with Crippen LogP contribution in [-0.2, 0) is 0 Å². The van der Waals surface area contributed by atoms with Crippen LogP contribution in [0.3, 0.4) is 0 Å². The van der Waals surface area contributed by atoms with E-state index in [0.29, 0.717) is 18.8 Å². The molecule has 1 heterocycles. The maximum absolute atomic E-state index is 11.5. The number of amides is 2. The molecule has 5 nitrogen and oxygen atoms in total. The molecule has 1 aromatic rings. The summed E-state index contributed by atoms with van der Waals surface area (Å²) in [6.07, 6.45) is 0. The maximum atomic E-state index is 11.5. The minimum Gasteiger partial charge on any atom is -0.478 e.